The zero-order valence-corrected chi connectivity index (χ0v) is 25.7. The second-order valence-electron chi connectivity index (χ2n) is 12.8. The lowest BCUT2D eigenvalue weighted by molar-refractivity contribution is -0.151. The number of carbonyl (C=O) groups excluding carboxylic acids is 2. The second-order valence-corrected chi connectivity index (χ2v) is 12.8. The van der Waals surface area contributed by atoms with Crippen LogP contribution < -0.4 is 10.2 Å². The van der Waals surface area contributed by atoms with Crippen LogP contribution in [-0.2, 0) is 40.1 Å². The van der Waals surface area contributed by atoms with E-state index in [1.165, 1.54) is 11.1 Å². The van der Waals surface area contributed by atoms with Crippen molar-refractivity contribution in [3.63, 3.8) is 0 Å². The van der Waals surface area contributed by atoms with Crippen LogP contribution in [0.1, 0.15) is 41.7 Å². The van der Waals surface area contributed by atoms with E-state index < -0.39 is 5.54 Å². The maximum Gasteiger partial charge on any atom is 0.250 e. The average Bonchev–Trinajstić information content (AvgIpc) is 3.61. The van der Waals surface area contributed by atoms with E-state index in [1.54, 1.807) is 6.26 Å². The lowest BCUT2D eigenvalue weighted by Crippen LogP contribution is -2.62. The molecule has 2 amide bonds. The fraction of sp³-hybridized carbons (Fsp3) is 0.368. The molecule has 3 aromatic carbocycles. The largest absolute Gasteiger partial charge is 0.467 e. The average molecular weight is 604 g/mol. The quantitative estimate of drug-likeness (QED) is 0.257. The van der Waals surface area contributed by atoms with Crippen molar-refractivity contribution in [3.05, 3.63) is 120 Å². The second kappa shape index (κ2) is 12.9. The summed E-state index contributed by atoms with van der Waals surface area (Å²) in [5.41, 5.74) is 4.55. The highest BCUT2D eigenvalue weighted by Gasteiger charge is 2.52. The van der Waals surface area contributed by atoms with Crippen molar-refractivity contribution >= 4 is 23.2 Å². The zero-order chi connectivity index (χ0) is 30.6. The fourth-order valence-corrected chi connectivity index (χ4v) is 7.69. The highest BCUT2D eigenvalue weighted by molar-refractivity contribution is 6.01. The van der Waals surface area contributed by atoms with E-state index in [4.69, 9.17) is 9.15 Å². The Labute approximate surface area is 265 Å². The molecular formula is C38H41N3O4. The van der Waals surface area contributed by atoms with Gasteiger partial charge in [0, 0.05) is 24.5 Å². The Kier molecular flexibility index (Phi) is 8.44. The van der Waals surface area contributed by atoms with E-state index in [9.17, 15) is 9.59 Å². The molecule has 1 aliphatic heterocycles. The molecule has 3 aliphatic rings. The number of nitrogens with one attached hydrogen (secondary N) is 1. The number of fused-ring (bicyclic) bond motifs is 2. The van der Waals surface area contributed by atoms with Gasteiger partial charge in [-0.3, -0.25) is 9.59 Å². The van der Waals surface area contributed by atoms with Gasteiger partial charge in [-0.1, -0.05) is 54.6 Å². The molecule has 3 atom stereocenters. The molecule has 2 heterocycles. The molecule has 7 heteroatoms. The summed E-state index contributed by atoms with van der Waals surface area (Å²) in [6.45, 7) is 3.39. The molecule has 0 bridgehead atoms. The molecule has 45 heavy (non-hydrogen) atoms. The van der Waals surface area contributed by atoms with E-state index in [0.717, 1.165) is 62.5 Å². The summed E-state index contributed by atoms with van der Waals surface area (Å²) in [5.74, 6) is 1.28. The van der Waals surface area contributed by atoms with Crippen molar-refractivity contribution < 1.29 is 18.7 Å². The summed E-state index contributed by atoms with van der Waals surface area (Å²) < 4.78 is 11.3. The van der Waals surface area contributed by atoms with Crippen LogP contribution in [0.3, 0.4) is 0 Å². The van der Waals surface area contributed by atoms with Gasteiger partial charge in [0.1, 0.15) is 11.3 Å². The molecule has 4 aromatic rings. The highest BCUT2D eigenvalue weighted by atomic mass is 16.5. The number of anilines is 2. The molecule has 1 saturated heterocycles. The van der Waals surface area contributed by atoms with E-state index in [-0.39, 0.29) is 24.8 Å². The van der Waals surface area contributed by atoms with Crippen molar-refractivity contribution in [2.45, 2.75) is 50.6 Å². The molecule has 1 aromatic heterocycles. The fourth-order valence-electron chi connectivity index (χ4n) is 7.69. The van der Waals surface area contributed by atoms with Gasteiger partial charge in [0.2, 0.25) is 11.8 Å². The Morgan fingerprint density at radius 3 is 2.27 bits per heavy atom. The predicted octanol–water partition coefficient (Wildman–Crippen LogP) is 6.28. The number of furan rings is 1. The molecule has 0 spiro atoms. The van der Waals surface area contributed by atoms with Crippen molar-refractivity contribution in [3.8, 4) is 0 Å². The monoisotopic (exact) mass is 603 g/mol. The molecule has 7 nitrogen and oxygen atoms in total. The molecule has 0 unspecified atom stereocenters. The van der Waals surface area contributed by atoms with Gasteiger partial charge >= 0.3 is 0 Å². The summed E-state index contributed by atoms with van der Waals surface area (Å²) in [4.78, 5) is 33.3. The van der Waals surface area contributed by atoms with Crippen LogP contribution in [0.2, 0.25) is 0 Å². The van der Waals surface area contributed by atoms with Crippen LogP contribution in [0.15, 0.2) is 102 Å². The Bertz CT molecular complexity index is 1600. The first kappa shape index (κ1) is 29.4. The molecule has 232 valence electrons. The third-order valence-electron chi connectivity index (χ3n) is 10.1. The van der Waals surface area contributed by atoms with Gasteiger partial charge in [0.25, 0.3) is 0 Å². The maximum atomic E-state index is 14.8. The van der Waals surface area contributed by atoms with E-state index in [2.05, 4.69) is 46.6 Å². The normalized spacial score (nSPS) is 22.6. The van der Waals surface area contributed by atoms with E-state index in [1.807, 2.05) is 59.5 Å². The summed E-state index contributed by atoms with van der Waals surface area (Å²) >= 11 is 0. The summed E-state index contributed by atoms with van der Waals surface area (Å²) in [6, 6.07) is 30.3. The first-order chi connectivity index (χ1) is 22.1. The van der Waals surface area contributed by atoms with Crippen LogP contribution in [-0.4, -0.2) is 48.6 Å². The van der Waals surface area contributed by atoms with Crippen molar-refractivity contribution in [1.82, 2.24) is 4.90 Å². The Hall–Kier alpha value is -4.36. The van der Waals surface area contributed by atoms with Crippen LogP contribution in [0.4, 0.5) is 11.4 Å². The van der Waals surface area contributed by atoms with Gasteiger partial charge < -0.3 is 24.3 Å². The minimum atomic E-state index is -1.02. The number of hydrogen-bond acceptors (Lipinski definition) is 5. The smallest absolute Gasteiger partial charge is 0.250 e. The van der Waals surface area contributed by atoms with Crippen molar-refractivity contribution in [1.29, 1.82) is 0 Å². The first-order valence-corrected chi connectivity index (χ1v) is 16.3. The van der Waals surface area contributed by atoms with Gasteiger partial charge in [0.15, 0.2) is 0 Å². The number of morpholine rings is 1. The molecule has 1 saturated carbocycles. The predicted molar refractivity (Wildman–Crippen MR) is 175 cm³/mol. The van der Waals surface area contributed by atoms with Gasteiger partial charge in [-0.05, 0) is 97.0 Å². The zero-order valence-electron chi connectivity index (χ0n) is 25.7. The van der Waals surface area contributed by atoms with Crippen molar-refractivity contribution in [2.75, 3.05) is 36.5 Å². The minimum Gasteiger partial charge on any atom is -0.467 e. The van der Waals surface area contributed by atoms with Gasteiger partial charge in [-0.25, -0.2) is 0 Å². The SMILES string of the molecule is O=C(Cc1ccccc1)N(Cc1ccco1)[C@]1(C(=O)Nc2ccc(N3CCOCC3)cc2)CC[C@@H]2Cc3ccccc3C[C@H]2C1. The lowest BCUT2D eigenvalue weighted by atomic mass is 9.62. The molecule has 2 fully saturated rings. The third kappa shape index (κ3) is 6.27. The standard InChI is InChI=1S/C38H41N3O4/c42-36(23-28-7-2-1-3-8-28)41(27-35-11-6-20-45-35)38(17-16-31-24-29-9-4-5-10-30(29)25-32(31)26-38)37(43)39-33-12-14-34(15-13-33)40-18-21-44-22-19-40/h1-15,20,31-32H,16-19,21-27H2,(H,39,43)/t31-,32+,38-/m1/s1. The Morgan fingerprint density at radius 1 is 0.844 bits per heavy atom. The first-order valence-electron chi connectivity index (χ1n) is 16.3. The minimum absolute atomic E-state index is 0.0647. The maximum absolute atomic E-state index is 14.8. The molecule has 1 N–H and O–H groups in total. The number of hydrogen-bond donors (Lipinski definition) is 1. The number of nitrogens with zero attached hydrogens (tertiary/aromatic N) is 2. The molecular weight excluding hydrogens is 562 g/mol. The summed E-state index contributed by atoms with van der Waals surface area (Å²) in [6.07, 6.45) is 5.91. The highest BCUT2D eigenvalue weighted by Crippen LogP contribution is 2.47. The number of carbonyl (C=O) groups is 2. The van der Waals surface area contributed by atoms with Crippen LogP contribution in [0, 0.1) is 11.8 Å². The summed E-state index contributed by atoms with van der Waals surface area (Å²) in [5, 5.41) is 3.27. The summed E-state index contributed by atoms with van der Waals surface area (Å²) in [7, 11) is 0. The van der Waals surface area contributed by atoms with Crippen LogP contribution in [0.25, 0.3) is 0 Å². The Morgan fingerprint density at radius 2 is 1.56 bits per heavy atom. The third-order valence-corrected chi connectivity index (χ3v) is 10.1. The van der Waals surface area contributed by atoms with E-state index in [0.29, 0.717) is 30.4 Å². The van der Waals surface area contributed by atoms with Crippen LogP contribution >= 0.6 is 0 Å². The number of amides is 2. The number of ether oxygens (including phenoxy) is 1. The Balaban J connectivity index is 1.22. The topological polar surface area (TPSA) is 75.0 Å². The van der Waals surface area contributed by atoms with Gasteiger partial charge in [-0.15, -0.1) is 0 Å². The molecule has 7 rings (SSSR count). The van der Waals surface area contributed by atoms with Gasteiger partial charge in [-0.2, -0.15) is 0 Å². The molecule has 2 aliphatic carbocycles. The number of rotatable bonds is 8. The van der Waals surface area contributed by atoms with Crippen LogP contribution in [0.5, 0.6) is 0 Å². The number of benzene rings is 3. The van der Waals surface area contributed by atoms with E-state index >= 15 is 0 Å². The van der Waals surface area contributed by atoms with Crippen molar-refractivity contribution in [2.24, 2.45) is 11.8 Å². The lowest BCUT2D eigenvalue weighted by Gasteiger charge is -2.50. The molecule has 0 radical (unpaired) electrons. The van der Waals surface area contributed by atoms with Gasteiger partial charge in [0.05, 0.1) is 32.4 Å².